The van der Waals surface area contributed by atoms with Crippen molar-refractivity contribution in [1.29, 1.82) is 5.26 Å². The van der Waals surface area contributed by atoms with Crippen molar-refractivity contribution in [3.63, 3.8) is 0 Å². The fourth-order valence-corrected chi connectivity index (χ4v) is 4.14. The zero-order valence-corrected chi connectivity index (χ0v) is 21.9. The Kier molecular flexibility index (Phi) is 8.37. The average Bonchev–Trinajstić information content (AvgIpc) is 3.45. The molecule has 7 heteroatoms. The van der Waals surface area contributed by atoms with Gasteiger partial charge in [-0.3, -0.25) is 9.48 Å². The Labute approximate surface area is 223 Å². The molecule has 0 aliphatic heterocycles. The van der Waals surface area contributed by atoms with Gasteiger partial charge < -0.3 is 15.7 Å². The van der Waals surface area contributed by atoms with Crippen LogP contribution in [0.1, 0.15) is 49.4 Å². The van der Waals surface area contributed by atoms with E-state index < -0.39 is 11.6 Å². The van der Waals surface area contributed by atoms with Crippen LogP contribution in [0.3, 0.4) is 0 Å². The van der Waals surface area contributed by atoms with E-state index in [0.717, 1.165) is 22.3 Å². The van der Waals surface area contributed by atoms with Crippen molar-refractivity contribution in [1.82, 2.24) is 15.1 Å². The number of aromatic nitrogens is 2. The van der Waals surface area contributed by atoms with Crippen LogP contribution in [0, 0.1) is 11.3 Å². The van der Waals surface area contributed by atoms with Crippen molar-refractivity contribution in [2.24, 2.45) is 0 Å². The number of nitrogens with one attached hydrogen (secondary N) is 2. The van der Waals surface area contributed by atoms with E-state index >= 15 is 0 Å². The Morgan fingerprint density at radius 3 is 2.32 bits per heavy atom. The SMILES string of the molecule is C[C@H](CN[C@@H](C(=O)Nc1ccc(-c2cnn(C(C)(C)CO)c2)cc1)c1ccccc1)c1ccc(C#N)cc1. The predicted octanol–water partition coefficient (Wildman–Crippen LogP) is 5.22. The van der Waals surface area contributed by atoms with Gasteiger partial charge in [0.1, 0.15) is 6.04 Å². The number of benzene rings is 3. The van der Waals surface area contributed by atoms with Gasteiger partial charge in [0, 0.05) is 24.0 Å². The lowest BCUT2D eigenvalue weighted by Crippen LogP contribution is -2.35. The van der Waals surface area contributed by atoms with E-state index in [2.05, 4.69) is 28.7 Å². The first-order valence-corrected chi connectivity index (χ1v) is 12.7. The summed E-state index contributed by atoms with van der Waals surface area (Å²) in [6.45, 7) is 6.51. The molecule has 1 amide bonds. The van der Waals surface area contributed by atoms with Crippen molar-refractivity contribution in [3.05, 3.63) is 108 Å². The highest BCUT2D eigenvalue weighted by Gasteiger charge is 2.22. The van der Waals surface area contributed by atoms with Crippen LogP contribution in [-0.2, 0) is 10.3 Å². The van der Waals surface area contributed by atoms with E-state index in [-0.39, 0.29) is 18.4 Å². The average molecular weight is 508 g/mol. The number of nitrogens with zero attached hydrogens (tertiary/aromatic N) is 3. The number of carbonyl (C=O) groups is 1. The van der Waals surface area contributed by atoms with Gasteiger partial charge in [0.25, 0.3) is 0 Å². The van der Waals surface area contributed by atoms with Crippen LogP contribution < -0.4 is 10.6 Å². The molecule has 0 unspecified atom stereocenters. The maximum absolute atomic E-state index is 13.4. The molecule has 3 N–H and O–H groups in total. The minimum atomic E-state index is -0.532. The monoisotopic (exact) mass is 507 g/mol. The topological polar surface area (TPSA) is 103 Å². The van der Waals surface area contributed by atoms with Gasteiger partial charge in [-0.15, -0.1) is 0 Å². The van der Waals surface area contributed by atoms with Crippen LogP contribution in [0.2, 0.25) is 0 Å². The molecule has 4 rings (SSSR count). The Morgan fingerprint density at radius 2 is 1.68 bits per heavy atom. The largest absolute Gasteiger partial charge is 0.394 e. The van der Waals surface area contributed by atoms with E-state index in [4.69, 9.17) is 5.26 Å². The van der Waals surface area contributed by atoms with E-state index in [9.17, 15) is 9.90 Å². The van der Waals surface area contributed by atoms with Gasteiger partial charge in [0.15, 0.2) is 0 Å². The molecule has 1 aromatic heterocycles. The van der Waals surface area contributed by atoms with Crippen molar-refractivity contribution in [2.75, 3.05) is 18.5 Å². The molecule has 7 nitrogen and oxygen atoms in total. The molecule has 0 fully saturated rings. The number of rotatable bonds is 10. The summed E-state index contributed by atoms with van der Waals surface area (Å²) < 4.78 is 1.76. The van der Waals surface area contributed by atoms with Crippen LogP contribution in [0.4, 0.5) is 5.69 Å². The van der Waals surface area contributed by atoms with E-state index in [1.807, 2.05) is 98.9 Å². The first-order chi connectivity index (χ1) is 18.3. The molecule has 4 aromatic rings. The number of carbonyl (C=O) groups excluding carboxylic acids is 1. The minimum absolute atomic E-state index is 0.0119. The van der Waals surface area contributed by atoms with Gasteiger partial charge in [-0.25, -0.2) is 0 Å². The fourth-order valence-electron chi connectivity index (χ4n) is 4.14. The molecule has 0 aliphatic carbocycles. The number of anilines is 1. The lowest BCUT2D eigenvalue weighted by molar-refractivity contribution is -0.118. The second kappa shape index (κ2) is 11.9. The molecule has 0 saturated heterocycles. The van der Waals surface area contributed by atoms with Crippen LogP contribution >= 0.6 is 0 Å². The van der Waals surface area contributed by atoms with Gasteiger partial charge in [0.05, 0.1) is 30.0 Å². The fraction of sp³-hybridized carbons (Fsp3) is 0.258. The molecule has 1 heterocycles. The third-order valence-electron chi connectivity index (χ3n) is 6.71. The number of hydrogen-bond donors (Lipinski definition) is 3. The Morgan fingerprint density at radius 1 is 1.00 bits per heavy atom. The normalized spacial score (nSPS) is 12.9. The molecule has 38 heavy (non-hydrogen) atoms. The lowest BCUT2D eigenvalue weighted by Gasteiger charge is -2.22. The van der Waals surface area contributed by atoms with E-state index in [1.165, 1.54) is 0 Å². The Hall–Kier alpha value is -4.25. The van der Waals surface area contributed by atoms with Crippen LogP contribution in [0.15, 0.2) is 91.3 Å². The van der Waals surface area contributed by atoms with E-state index in [0.29, 0.717) is 17.8 Å². The standard InChI is InChI=1S/C31H33N5O2/c1-22(24-11-9-23(17-32)10-12-24)18-33-29(26-7-5-4-6-8-26)30(38)35-28-15-13-25(14-16-28)27-19-34-36(20-27)31(2,3)21-37/h4-16,19-20,22,29,33,37H,18,21H2,1-3H3,(H,35,38)/t22-,29-/m1/s1. The summed E-state index contributed by atoms with van der Waals surface area (Å²) in [6.07, 6.45) is 3.68. The molecule has 0 spiro atoms. The summed E-state index contributed by atoms with van der Waals surface area (Å²) in [5.74, 6) is 0.00580. The Balaban J connectivity index is 1.45. The molecule has 0 bridgehead atoms. The summed E-state index contributed by atoms with van der Waals surface area (Å²) in [7, 11) is 0. The summed E-state index contributed by atoms with van der Waals surface area (Å²) >= 11 is 0. The van der Waals surface area contributed by atoms with Crippen molar-refractivity contribution >= 4 is 11.6 Å². The predicted molar refractivity (Wildman–Crippen MR) is 149 cm³/mol. The second-order valence-electron chi connectivity index (χ2n) is 10.1. The quantitative estimate of drug-likeness (QED) is 0.273. The zero-order chi connectivity index (χ0) is 27.1. The minimum Gasteiger partial charge on any atom is -0.394 e. The van der Waals surface area contributed by atoms with Gasteiger partial charge in [-0.05, 0) is 60.7 Å². The summed E-state index contributed by atoms with van der Waals surface area (Å²) in [5, 5.41) is 29.5. The number of aliphatic hydroxyl groups excluding tert-OH is 1. The lowest BCUT2D eigenvalue weighted by atomic mass is 9.98. The van der Waals surface area contributed by atoms with Gasteiger partial charge in [-0.1, -0.05) is 61.5 Å². The van der Waals surface area contributed by atoms with Crippen molar-refractivity contribution < 1.29 is 9.90 Å². The zero-order valence-electron chi connectivity index (χ0n) is 21.9. The van der Waals surface area contributed by atoms with Crippen LogP contribution in [0.25, 0.3) is 11.1 Å². The molecule has 2 atom stereocenters. The Bertz CT molecular complexity index is 1390. The third kappa shape index (κ3) is 6.35. The van der Waals surface area contributed by atoms with Gasteiger partial charge in [0.2, 0.25) is 5.91 Å². The first kappa shape index (κ1) is 26.8. The highest BCUT2D eigenvalue weighted by Crippen LogP contribution is 2.25. The highest BCUT2D eigenvalue weighted by atomic mass is 16.3. The number of aliphatic hydroxyl groups is 1. The maximum atomic E-state index is 13.4. The highest BCUT2D eigenvalue weighted by molar-refractivity contribution is 5.95. The second-order valence-corrected chi connectivity index (χ2v) is 10.1. The maximum Gasteiger partial charge on any atom is 0.246 e. The molecule has 0 aliphatic rings. The summed E-state index contributed by atoms with van der Waals surface area (Å²) in [5.41, 5.74) is 4.73. The molecule has 3 aromatic carbocycles. The molecule has 194 valence electrons. The van der Waals surface area contributed by atoms with Gasteiger partial charge >= 0.3 is 0 Å². The number of hydrogen-bond acceptors (Lipinski definition) is 5. The van der Waals surface area contributed by atoms with Crippen LogP contribution in [0.5, 0.6) is 0 Å². The summed E-state index contributed by atoms with van der Waals surface area (Å²) in [4.78, 5) is 13.4. The van der Waals surface area contributed by atoms with Gasteiger partial charge in [-0.2, -0.15) is 10.4 Å². The molecule has 0 saturated carbocycles. The molecular formula is C31H33N5O2. The van der Waals surface area contributed by atoms with Crippen molar-refractivity contribution in [3.8, 4) is 17.2 Å². The number of amides is 1. The third-order valence-corrected chi connectivity index (χ3v) is 6.71. The molecular weight excluding hydrogens is 474 g/mol. The summed E-state index contributed by atoms with van der Waals surface area (Å²) in [6, 6.07) is 26.5. The molecule has 0 radical (unpaired) electrons. The van der Waals surface area contributed by atoms with Crippen molar-refractivity contribution in [2.45, 2.75) is 38.3 Å². The smallest absolute Gasteiger partial charge is 0.246 e. The van der Waals surface area contributed by atoms with Crippen LogP contribution in [-0.4, -0.2) is 33.9 Å². The first-order valence-electron chi connectivity index (χ1n) is 12.7. The number of nitriles is 1. The van der Waals surface area contributed by atoms with E-state index in [1.54, 1.807) is 10.9 Å².